The van der Waals surface area contributed by atoms with E-state index in [0.717, 1.165) is 16.7 Å². The zero-order chi connectivity index (χ0) is 29.1. The van der Waals surface area contributed by atoms with Crippen LogP contribution in [0.1, 0.15) is 36.3 Å². The summed E-state index contributed by atoms with van der Waals surface area (Å²) in [5.41, 5.74) is 0.314. The molecule has 0 radical (unpaired) electrons. The fraction of sp³-hybridized carbons (Fsp3) is 0.290. The Morgan fingerprint density at radius 1 is 0.950 bits per heavy atom. The fourth-order valence-corrected chi connectivity index (χ4v) is 5.14. The molecule has 208 valence electrons. The molecule has 1 saturated heterocycles. The number of ether oxygens (including phenoxy) is 4. The third-order valence-corrected chi connectivity index (χ3v) is 7.22. The van der Waals surface area contributed by atoms with Gasteiger partial charge in [-0.1, -0.05) is 54.6 Å². The Morgan fingerprint density at radius 3 is 2.02 bits per heavy atom. The average molecular weight is 546 g/mol. The van der Waals surface area contributed by atoms with Crippen molar-refractivity contribution in [3.63, 3.8) is 0 Å². The van der Waals surface area contributed by atoms with E-state index in [-0.39, 0.29) is 6.42 Å². The van der Waals surface area contributed by atoms with Crippen LogP contribution in [0.2, 0.25) is 0 Å². The maximum atomic E-state index is 12.7. The largest absolute Gasteiger partial charge is 0.497 e. The summed E-state index contributed by atoms with van der Waals surface area (Å²) < 4.78 is 33.4. The third kappa shape index (κ3) is 5.06. The Bertz CT molecular complexity index is 1540. The van der Waals surface area contributed by atoms with E-state index in [1.807, 2.05) is 78.9 Å². The van der Waals surface area contributed by atoms with Gasteiger partial charge < -0.3 is 24.1 Å². The van der Waals surface area contributed by atoms with Crippen molar-refractivity contribution >= 4 is 0 Å². The topological polar surface area (TPSA) is 112 Å². The first-order valence-corrected chi connectivity index (χ1v) is 12.9. The van der Waals surface area contributed by atoms with Gasteiger partial charge in [0.15, 0.2) is 0 Å². The monoisotopic (exact) mass is 545 g/mol. The van der Waals surface area contributed by atoms with Gasteiger partial charge in [-0.05, 0) is 47.9 Å². The number of H-pyrrole nitrogens is 1. The van der Waals surface area contributed by atoms with Crippen molar-refractivity contribution in [2.24, 2.45) is 0 Å². The standard InChI is InChI=1S/C31H32N2O7/c1-20-18-33(30(36)32-29(20)35)28-17-26(27(19-34)39-28)40-31(21-7-5-4-6-8-21,22-9-13-24(37-2)14-10-22)23-11-15-25(38-3)16-12-23/h4-16,18,26-28,34H,17,19H2,1-3H3,(H,32,35,36)/t26-,27+,28+/m0/s1/i19D/t19?,26-,27+,28+. The molecule has 0 aliphatic carbocycles. The van der Waals surface area contributed by atoms with Crippen molar-refractivity contribution in [1.29, 1.82) is 0 Å². The molecule has 1 fully saturated rings. The molecule has 0 saturated carbocycles. The Hall–Kier alpha value is -4.18. The minimum absolute atomic E-state index is 0.132. The average Bonchev–Trinajstić information content (AvgIpc) is 3.42. The van der Waals surface area contributed by atoms with E-state index in [9.17, 15) is 14.7 Å². The van der Waals surface area contributed by atoms with Crippen molar-refractivity contribution in [2.45, 2.75) is 37.4 Å². The number of hydrogen-bond donors (Lipinski definition) is 2. The Labute approximate surface area is 233 Å². The number of nitrogens with zero attached hydrogens (tertiary/aromatic N) is 1. The van der Waals surface area contributed by atoms with Crippen molar-refractivity contribution in [3.05, 3.63) is 128 Å². The Balaban J connectivity index is 1.67. The normalized spacial score (nSPS) is 20.1. The second-order valence-electron chi connectivity index (χ2n) is 9.58. The first kappa shape index (κ1) is 26.1. The maximum Gasteiger partial charge on any atom is 0.330 e. The molecule has 1 aliphatic rings. The predicted molar refractivity (Wildman–Crippen MR) is 149 cm³/mol. The molecule has 0 spiro atoms. The molecule has 40 heavy (non-hydrogen) atoms. The highest BCUT2D eigenvalue weighted by molar-refractivity contribution is 5.50. The molecule has 4 atom stereocenters. The van der Waals surface area contributed by atoms with Gasteiger partial charge in [0.1, 0.15) is 29.4 Å². The van der Waals surface area contributed by atoms with E-state index in [0.29, 0.717) is 17.1 Å². The summed E-state index contributed by atoms with van der Waals surface area (Å²) in [6, 6.07) is 24.6. The smallest absolute Gasteiger partial charge is 0.330 e. The minimum Gasteiger partial charge on any atom is -0.497 e. The lowest BCUT2D eigenvalue weighted by atomic mass is 9.79. The number of aryl methyl sites for hydroxylation is 1. The van der Waals surface area contributed by atoms with E-state index in [1.54, 1.807) is 21.1 Å². The molecule has 9 heteroatoms. The number of hydrogen-bond acceptors (Lipinski definition) is 7. The zero-order valence-electron chi connectivity index (χ0n) is 23.4. The molecule has 1 aromatic heterocycles. The number of aliphatic hydroxyl groups is 1. The van der Waals surface area contributed by atoms with Gasteiger partial charge in [-0.2, -0.15) is 0 Å². The van der Waals surface area contributed by atoms with Crippen LogP contribution in [0, 0.1) is 6.92 Å². The maximum absolute atomic E-state index is 12.7. The van der Waals surface area contributed by atoms with Crippen LogP contribution in [0.25, 0.3) is 0 Å². The van der Waals surface area contributed by atoms with Gasteiger partial charge in [0, 0.05) is 18.2 Å². The van der Waals surface area contributed by atoms with Gasteiger partial charge in [0.2, 0.25) is 0 Å². The van der Waals surface area contributed by atoms with Crippen LogP contribution in [0.4, 0.5) is 0 Å². The van der Waals surface area contributed by atoms with Gasteiger partial charge in [-0.3, -0.25) is 14.3 Å². The highest BCUT2D eigenvalue weighted by Gasteiger charge is 2.46. The van der Waals surface area contributed by atoms with Crippen LogP contribution in [0.5, 0.6) is 11.5 Å². The molecule has 3 aromatic carbocycles. The van der Waals surface area contributed by atoms with Crippen LogP contribution in [-0.2, 0) is 15.1 Å². The summed E-state index contributed by atoms with van der Waals surface area (Å²) in [6.45, 7) is -0.0766. The summed E-state index contributed by atoms with van der Waals surface area (Å²) >= 11 is 0. The molecular weight excluding hydrogens is 512 g/mol. The van der Waals surface area contributed by atoms with Gasteiger partial charge in [-0.15, -0.1) is 0 Å². The molecule has 2 heterocycles. The molecule has 2 N–H and O–H groups in total. The molecular formula is C31H32N2O7. The number of aliphatic hydroxyl groups excluding tert-OH is 1. The summed E-state index contributed by atoms with van der Waals surface area (Å²) in [5.74, 6) is 1.34. The van der Waals surface area contributed by atoms with Crippen molar-refractivity contribution in [2.75, 3.05) is 20.8 Å². The Morgan fingerprint density at radius 2 is 1.50 bits per heavy atom. The quantitative estimate of drug-likeness (QED) is 0.310. The lowest BCUT2D eigenvalue weighted by Crippen LogP contribution is -2.40. The predicted octanol–water partition coefficient (Wildman–Crippen LogP) is 3.52. The van der Waals surface area contributed by atoms with Crippen LogP contribution in [0.3, 0.4) is 0 Å². The van der Waals surface area contributed by atoms with Crippen LogP contribution in [-0.4, -0.2) is 47.7 Å². The lowest BCUT2D eigenvalue weighted by Gasteiger charge is -2.39. The number of benzene rings is 3. The van der Waals surface area contributed by atoms with Gasteiger partial charge >= 0.3 is 5.69 Å². The molecule has 5 rings (SSSR count). The molecule has 4 aromatic rings. The lowest BCUT2D eigenvalue weighted by molar-refractivity contribution is -0.0994. The first-order chi connectivity index (χ1) is 19.8. The summed E-state index contributed by atoms with van der Waals surface area (Å²) in [7, 11) is 3.19. The fourth-order valence-electron chi connectivity index (χ4n) is 5.14. The number of methoxy groups -OCH3 is 2. The van der Waals surface area contributed by atoms with Crippen molar-refractivity contribution in [1.82, 2.24) is 9.55 Å². The summed E-state index contributed by atoms with van der Waals surface area (Å²) in [6.07, 6.45) is -1.27. The highest BCUT2D eigenvalue weighted by Crippen LogP contribution is 2.45. The molecule has 0 bridgehead atoms. The Kier molecular flexibility index (Phi) is 7.50. The van der Waals surface area contributed by atoms with Crippen LogP contribution >= 0.6 is 0 Å². The number of rotatable bonds is 9. The third-order valence-electron chi connectivity index (χ3n) is 7.22. The van der Waals surface area contributed by atoms with E-state index >= 15 is 0 Å². The van der Waals surface area contributed by atoms with E-state index in [2.05, 4.69) is 4.98 Å². The summed E-state index contributed by atoms with van der Waals surface area (Å²) in [4.78, 5) is 26.9. The van der Waals surface area contributed by atoms with E-state index in [4.69, 9.17) is 20.3 Å². The van der Waals surface area contributed by atoms with Crippen molar-refractivity contribution in [3.8, 4) is 11.5 Å². The SMILES string of the molecule is [2H]C(O)[C@H]1O[C@@H](n2cc(C)c(=O)[nH]c2=O)C[C@@H]1OC(c1ccccc1)(c1ccc(OC)cc1)c1ccc(OC)cc1. The van der Waals surface area contributed by atoms with Gasteiger partial charge in [0.05, 0.1) is 28.3 Å². The second kappa shape index (κ2) is 11.5. The van der Waals surface area contributed by atoms with Crippen LogP contribution in [0.15, 0.2) is 94.6 Å². The minimum atomic E-state index is -1.66. The van der Waals surface area contributed by atoms with Gasteiger partial charge in [0.25, 0.3) is 5.56 Å². The summed E-state index contributed by atoms with van der Waals surface area (Å²) in [5, 5.41) is 10.5. The molecule has 9 nitrogen and oxygen atoms in total. The van der Waals surface area contributed by atoms with E-state index in [1.165, 1.54) is 10.8 Å². The molecule has 1 unspecified atom stereocenters. The number of aromatic amines is 1. The molecule has 0 amide bonds. The zero-order valence-corrected chi connectivity index (χ0v) is 22.4. The van der Waals surface area contributed by atoms with Crippen LogP contribution < -0.4 is 20.7 Å². The van der Waals surface area contributed by atoms with Crippen molar-refractivity contribution < 1.29 is 25.4 Å². The first-order valence-electron chi connectivity index (χ1n) is 13.4. The van der Waals surface area contributed by atoms with Gasteiger partial charge in [-0.25, -0.2) is 4.79 Å². The highest BCUT2D eigenvalue weighted by atomic mass is 16.6. The number of nitrogens with one attached hydrogen (secondary N) is 1. The molecule has 1 aliphatic heterocycles. The number of aromatic nitrogens is 2. The van der Waals surface area contributed by atoms with E-state index < -0.39 is 41.9 Å². The second-order valence-corrected chi connectivity index (χ2v) is 9.58.